The summed E-state index contributed by atoms with van der Waals surface area (Å²) in [6, 6.07) is 5.09. The number of ether oxygens (including phenoxy) is 4. The molecule has 0 aromatic heterocycles. The van der Waals surface area contributed by atoms with Crippen LogP contribution in [-0.2, 0) is 49.5 Å². The fourth-order valence-electron chi connectivity index (χ4n) is 3.43. The molecule has 0 aliphatic rings. The van der Waals surface area contributed by atoms with Crippen LogP contribution in [0, 0.1) is 17.8 Å². The molecule has 1 rings (SSSR count). The molecular formula is C31H50N4O9. The Morgan fingerprint density at radius 2 is 1.27 bits per heavy atom. The highest BCUT2D eigenvalue weighted by molar-refractivity contribution is 5.98. The van der Waals surface area contributed by atoms with Crippen LogP contribution in [0.5, 0.6) is 0 Å². The summed E-state index contributed by atoms with van der Waals surface area (Å²) in [5.74, 6) is -2.23. The molecule has 0 bridgehead atoms. The molecule has 1 unspecified atom stereocenters. The number of esters is 1. The van der Waals surface area contributed by atoms with E-state index in [9.17, 15) is 24.0 Å². The average molecular weight is 623 g/mol. The van der Waals surface area contributed by atoms with E-state index in [-0.39, 0.29) is 56.1 Å². The quantitative estimate of drug-likeness (QED) is 0.118. The molecular weight excluding hydrogens is 572 g/mol. The second-order valence-electron chi connectivity index (χ2n) is 11.2. The number of hydrogen-bond acceptors (Lipinski definition) is 9. The Balaban J connectivity index is 2.32. The lowest BCUT2D eigenvalue weighted by Crippen LogP contribution is -2.54. The van der Waals surface area contributed by atoms with Crippen LogP contribution in [-0.4, -0.2) is 87.9 Å². The molecule has 1 aromatic carbocycles. The van der Waals surface area contributed by atoms with Gasteiger partial charge in [-0.05, 0) is 30.5 Å². The first-order valence-corrected chi connectivity index (χ1v) is 15.0. The van der Waals surface area contributed by atoms with Gasteiger partial charge in [-0.15, -0.1) is 0 Å². The molecule has 0 aliphatic heterocycles. The minimum Gasteiger partial charge on any atom is -0.461 e. The summed E-state index contributed by atoms with van der Waals surface area (Å²) in [5.41, 5.74) is 1.29. The van der Waals surface area contributed by atoms with Gasteiger partial charge in [0.2, 0.25) is 23.6 Å². The van der Waals surface area contributed by atoms with Crippen molar-refractivity contribution in [3.05, 3.63) is 29.8 Å². The molecule has 4 amide bonds. The van der Waals surface area contributed by atoms with Crippen molar-refractivity contribution >= 4 is 35.3 Å². The summed E-state index contributed by atoms with van der Waals surface area (Å²) < 4.78 is 21.3. The SMILES string of the molecule is CC(C)C(=O)NCCOCCOCCOCC(=O)N[C@H](C(=O)NC(C)C(=O)Nc1ccc(COC(=O)C(C)C)cc1)C(C)C. The molecule has 13 heteroatoms. The van der Waals surface area contributed by atoms with Crippen molar-refractivity contribution in [3.63, 3.8) is 0 Å². The van der Waals surface area contributed by atoms with Crippen molar-refractivity contribution in [2.45, 2.75) is 67.2 Å². The molecule has 248 valence electrons. The predicted octanol–water partition coefficient (Wildman–Crippen LogP) is 1.79. The highest BCUT2D eigenvalue weighted by Gasteiger charge is 2.27. The van der Waals surface area contributed by atoms with Gasteiger partial charge < -0.3 is 40.2 Å². The summed E-state index contributed by atoms with van der Waals surface area (Å²) in [6.07, 6.45) is 0. The van der Waals surface area contributed by atoms with E-state index in [1.165, 1.54) is 0 Å². The van der Waals surface area contributed by atoms with Crippen LogP contribution in [0.25, 0.3) is 0 Å². The van der Waals surface area contributed by atoms with Gasteiger partial charge in [-0.25, -0.2) is 0 Å². The van der Waals surface area contributed by atoms with Gasteiger partial charge in [0, 0.05) is 18.2 Å². The van der Waals surface area contributed by atoms with E-state index in [1.54, 1.807) is 58.9 Å². The van der Waals surface area contributed by atoms with Crippen molar-refractivity contribution < 1.29 is 42.9 Å². The van der Waals surface area contributed by atoms with Gasteiger partial charge in [0.1, 0.15) is 25.3 Å². The van der Waals surface area contributed by atoms with Crippen molar-refractivity contribution in [1.82, 2.24) is 16.0 Å². The average Bonchev–Trinajstić information content (AvgIpc) is 2.97. The maximum absolute atomic E-state index is 12.9. The van der Waals surface area contributed by atoms with Crippen LogP contribution in [0.15, 0.2) is 24.3 Å². The third-order valence-corrected chi connectivity index (χ3v) is 6.14. The van der Waals surface area contributed by atoms with E-state index < -0.39 is 29.8 Å². The third kappa shape index (κ3) is 16.3. The normalized spacial score (nSPS) is 12.5. The number of nitrogens with one attached hydrogen (secondary N) is 4. The van der Waals surface area contributed by atoms with Crippen LogP contribution in [0.4, 0.5) is 5.69 Å². The topological polar surface area (TPSA) is 170 Å². The molecule has 2 atom stereocenters. The van der Waals surface area contributed by atoms with Crippen LogP contribution in [0.1, 0.15) is 54.0 Å². The lowest BCUT2D eigenvalue weighted by Gasteiger charge is -2.24. The Morgan fingerprint density at radius 3 is 1.84 bits per heavy atom. The van der Waals surface area contributed by atoms with Gasteiger partial charge in [-0.3, -0.25) is 24.0 Å². The van der Waals surface area contributed by atoms with Gasteiger partial charge in [-0.2, -0.15) is 0 Å². The van der Waals surface area contributed by atoms with E-state index in [0.29, 0.717) is 32.1 Å². The van der Waals surface area contributed by atoms with Gasteiger partial charge >= 0.3 is 5.97 Å². The van der Waals surface area contributed by atoms with Crippen molar-refractivity contribution in [2.24, 2.45) is 17.8 Å². The minimum absolute atomic E-state index is 0.0209. The van der Waals surface area contributed by atoms with Crippen LogP contribution >= 0.6 is 0 Å². The lowest BCUT2D eigenvalue weighted by atomic mass is 10.0. The maximum atomic E-state index is 12.9. The fraction of sp³-hybridized carbons (Fsp3) is 0.645. The fourth-order valence-corrected chi connectivity index (χ4v) is 3.43. The zero-order chi connectivity index (χ0) is 33.1. The Hall–Kier alpha value is -3.55. The lowest BCUT2D eigenvalue weighted by molar-refractivity contribution is -0.148. The third-order valence-electron chi connectivity index (χ3n) is 6.14. The van der Waals surface area contributed by atoms with E-state index >= 15 is 0 Å². The van der Waals surface area contributed by atoms with Crippen molar-refractivity contribution in [1.29, 1.82) is 0 Å². The maximum Gasteiger partial charge on any atom is 0.308 e. The first-order valence-electron chi connectivity index (χ1n) is 15.0. The van der Waals surface area contributed by atoms with Gasteiger partial charge in [-0.1, -0.05) is 53.7 Å². The molecule has 0 radical (unpaired) electrons. The van der Waals surface area contributed by atoms with Gasteiger partial charge in [0.25, 0.3) is 0 Å². The highest BCUT2D eigenvalue weighted by Crippen LogP contribution is 2.12. The molecule has 13 nitrogen and oxygen atoms in total. The number of hydrogen-bond donors (Lipinski definition) is 4. The Kier molecular flexibility index (Phi) is 18.5. The van der Waals surface area contributed by atoms with Crippen molar-refractivity contribution in [2.75, 3.05) is 51.5 Å². The number of amides is 4. The monoisotopic (exact) mass is 622 g/mol. The van der Waals surface area contributed by atoms with E-state index in [2.05, 4.69) is 21.3 Å². The Labute approximate surface area is 260 Å². The first-order chi connectivity index (χ1) is 20.8. The number of benzene rings is 1. The smallest absolute Gasteiger partial charge is 0.308 e. The molecule has 0 saturated carbocycles. The Morgan fingerprint density at radius 1 is 0.682 bits per heavy atom. The summed E-state index contributed by atoms with van der Waals surface area (Å²) in [4.78, 5) is 61.0. The molecule has 0 aliphatic carbocycles. The number of rotatable bonds is 21. The molecule has 0 fully saturated rings. The Bertz CT molecular complexity index is 1050. The minimum atomic E-state index is -0.872. The largest absolute Gasteiger partial charge is 0.461 e. The van der Waals surface area contributed by atoms with E-state index in [0.717, 1.165) is 5.56 Å². The van der Waals surface area contributed by atoms with E-state index in [4.69, 9.17) is 18.9 Å². The van der Waals surface area contributed by atoms with Crippen LogP contribution in [0.3, 0.4) is 0 Å². The highest BCUT2D eigenvalue weighted by atomic mass is 16.5. The molecule has 4 N–H and O–H groups in total. The second kappa shape index (κ2) is 21.2. The number of carbonyl (C=O) groups excluding carboxylic acids is 5. The number of anilines is 1. The summed E-state index contributed by atoms with van der Waals surface area (Å²) in [7, 11) is 0. The van der Waals surface area contributed by atoms with Gasteiger partial charge in [0.05, 0.1) is 39.0 Å². The second-order valence-corrected chi connectivity index (χ2v) is 11.2. The molecule has 0 heterocycles. The summed E-state index contributed by atoms with van der Waals surface area (Å²) in [6.45, 7) is 14.1. The standard InChI is InChI=1S/C31H50N4O9/c1-20(2)27(35-26(36)19-43-17-16-42-15-14-41-13-12-32-28(37)21(3)4)30(39)33-23(7)29(38)34-25-10-8-24(9-11-25)18-44-31(40)22(5)6/h8-11,20-23,27H,12-19H2,1-7H3,(H,32,37)(H,33,39)(H,34,38)(H,35,36)/t23?,27-/m0/s1. The molecule has 44 heavy (non-hydrogen) atoms. The van der Waals surface area contributed by atoms with Crippen LogP contribution < -0.4 is 21.3 Å². The zero-order valence-corrected chi connectivity index (χ0v) is 27.0. The molecule has 0 saturated heterocycles. The summed E-state index contributed by atoms with van der Waals surface area (Å²) >= 11 is 0. The first kappa shape index (κ1) is 38.5. The zero-order valence-electron chi connectivity index (χ0n) is 27.0. The summed E-state index contributed by atoms with van der Waals surface area (Å²) in [5, 5.41) is 10.8. The molecule has 0 spiro atoms. The predicted molar refractivity (Wildman–Crippen MR) is 164 cm³/mol. The van der Waals surface area contributed by atoms with E-state index in [1.807, 2.05) is 13.8 Å². The van der Waals surface area contributed by atoms with Crippen molar-refractivity contribution in [3.8, 4) is 0 Å². The number of carbonyl (C=O) groups is 5. The van der Waals surface area contributed by atoms with Gasteiger partial charge in [0.15, 0.2) is 0 Å². The molecule has 1 aromatic rings. The van der Waals surface area contributed by atoms with Crippen LogP contribution in [0.2, 0.25) is 0 Å².